The maximum absolute atomic E-state index is 12.8. The summed E-state index contributed by atoms with van der Waals surface area (Å²) in [5.41, 5.74) is 0. The third-order valence-electron chi connectivity index (χ3n) is 4.55. The summed E-state index contributed by atoms with van der Waals surface area (Å²) in [6.07, 6.45) is 2.41. The summed E-state index contributed by atoms with van der Waals surface area (Å²) in [4.78, 5) is 12.8. The van der Waals surface area contributed by atoms with Crippen molar-refractivity contribution in [1.29, 1.82) is 0 Å². The van der Waals surface area contributed by atoms with Crippen LogP contribution >= 0.6 is 15.9 Å². The molecule has 1 heterocycles. The summed E-state index contributed by atoms with van der Waals surface area (Å²) in [6, 6.07) is 4.80. The summed E-state index contributed by atoms with van der Waals surface area (Å²) in [5, 5.41) is 2.81. The first-order chi connectivity index (χ1) is 12.9. The molecule has 2 rings (SSSR count). The van der Waals surface area contributed by atoms with E-state index in [2.05, 4.69) is 26.0 Å². The predicted molar refractivity (Wildman–Crippen MR) is 111 cm³/mol. The van der Waals surface area contributed by atoms with Crippen molar-refractivity contribution in [1.82, 2.24) is 14.3 Å². The number of sulfonamides is 2. The molecule has 11 heteroatoms. The number of halogens is 1. The molecule has 1 aromatic rings. The Hall–Kier alpha value is -1.01. The van der Waals surface area contributed by atoms with Crippen molar-refractivity contribution in [3.8, 4) is 0 Å². The molecule has 1 amide bonds. The van der Waals surface area contributed by atoms with Crippen LogP contribution in [0, 0.1) is 5.92 Å². The van der Waals surface area contributed by atoms with Crippen LogP contribution in [0.5, 0.6) is 0 Å². The molecular formula is C17H26BrN3O5S2. The minimum atomic E-state index is -3.88. The maximum Gasteiger partial charge on any atom is 0.241 e. The zero-order valence-electron chi connectivity index (χ0n) is 16.1. The fourth-order valence-corrected chi connectivity index (χ4v) is 5.51. The number of carbonyl (C=O) groups is 1. The number of benzene rings is 1. The maximum atomic E-state index is 12.8. The van der Waals surface area contributed by atoms with Crippen LogP contribution in [0.4, 0.5) is 0 Å². The first kappa shape index (κ1) is 23.3. The first-order valence-corrected chi connectivity index (χ1v) is 13.1. The van der Waals surface area contributed by atoms with E-state index < -0.39 is 32.0 Å². The smallest absolute Gasteiger partial charge is 0.241 e. The number of nitrogens with zero attached hydrogens (tertiary/aromatic N) is 1. The van der Waals surface area contributed by atoms with Crippen molar-refractivity contribution >= 4 is 41.9 Å². The van der Waals surface area contributed by atoms with Gasteiger partial charge < -0.3 is 5.32 Å². The Morgan fingerprint density at radius 1 is 1.18 bits per heavy atom. The number of rotatable bonds is 7. The Morgan fingerprint density at radius 3 is 2.32 bits per heavy atom. The van der Waals surface area contributed by atoms with Gasteiger partial charge in [-0.25, -0.2) is 21.1 Å². The van der Waals surface area contributed by atoms with Crippen molar-refractivity contribution in [3.63, 3.8) is 0 Å². The highest BCUT2D eigenvalue weighted by Gasteiger charge is 2.32. The molecule has 28 heavy (non-hydrogen) atoms. The Kier molecular flexibility index (Phi) is 7.65. The number of hydrogen-bond acceptors (Lipinski definition) is 5. The minimum absolute atomic E-state index is 0.0649. The highest BCUT2D eigenvalue weighted by atomic mass is 79.9. The zero-order chi connectivity index (χ0) is 21.1. The molecule has 1 aliphatic heterocycles. The molecular weight excluding hydrogens is 470 g/mol. The van der Waals surface area contributed by atoms with Gasteiger partial charge in [0.2, 0.25) is 26.0 Å². The van der Waals surface area contributed by atoms with Crippen molar-refractivity contribution in [3.05, 3.63) is 28.7 Å². The van der Waals surface area contributed by atoms with Crippen LogP contribution in [0.15, 0.2) is 33.6 Å². The molecule has 2 N–H and O–H groups in total. The Balaban J connectivity index is 2.10. The summed E-state index contributed by atoms with van der Waals surface area (Å²) in [5.74, 6) is -0.754. The van der Waals surface area contributed by atoms with E-state index in [4.69, 9.17) is 0 Å². The second-order valence-electron chi connectivity index (χ2n) is 7.27. The predicted octanol–water partition coefficient (Wildman–Crippen LogP) is 1.29. The molecule has 0 aromatic heterocycles. The third kappa shape index (κ3) is 6.24. The lowest BCUT2D eigenvalue weighted by Crippen LogP contribution is -2.55. The van der Waals surface area contributed by atoms with Crippen molar-refractivity contribution < 1.29 is 21.6 Å². The van der Waals surface area contributed by atoms with Gasteiger partial charge in [0.05, 0.1) is 11.2 Å². The number of hydrogen-bond donors (Lipinski definition) is 2. The van der Waals surface area contributed by atoms with Crippen LogP contribution in [0.3, 0.4) is 0 Å². The van der Waals surface area contributed by atoms with Crippen LogP contribution in [0.2, 0.25) is 0 Å². The summed E-state index contributed by atoms with van der Waals surface area (Å²) >= 11 is 3.26. The zero-order valence-corrected chi connectivity index (χ0v) is 19.3. The van der Waals surface area contributed by atoms with Gasteiger partial charge in [-0.3, -0.25) is 4.79 Å². The SMILES string of the molecule is CC(C)[C@H](NS(=O)(=O)c1ccc(Br)cc1)C(=O)NC1CCCN(S(C)(=O)=O)C1. The average molecular weight is 496 g/mol. The van der Waals surface area contributed by atoms with Crippen molar-refractivity contribution in [2.45, 2.75) is 43.7 Å². The summed E-state index contributed by atoms with van der Waals surface area (Å²) in [6.45, 7) is 4.11. The lowest BCUT2D eigenvalue weighted by molar-refractivity contribution is -0.124. The lowest BCUT2D eigenvalue weighted by Gasteiger charge is -2.32. The Labute approximate surface area is 175 Å². The second-order valence-corrected chi connectivity index (χ2v) is 11.9. The highest BCUT2D eigenvalue weighted by Crippen LogP contribution is 2.17. The van der Waals surface area contributed by atoms with E-state index in [1.807, 2.05) is 0 Å². The van der Waals surface area contributed by atoms with E-state index in [9.17, 15) is 21.6 Å². The van der Waals surface area contributed by atoms with Gasteiger partial charge in [-0.05, 0) is 43.0 Å². The van der Waals surface area contributed by atoms with Crippen LogP contribution < -0.4 is 10.0 Å². The Bertz CT molecular complexity index is 901. The van der Waals surface area contributed by atoms with E-state index in [0.29, 0.717) is 19.4 Å². The van der Waals surface area contributed by atoms with E-state index in [-0.39, 0.29) is 23.4 Å². The molecule has 1 fully saturated rings. The van der Waals surface area contributed by atoms with Crippen LogP contribution in [0.1, 0.15) is 26.7 Å². The normalized spacial score (nSPS) is 20.1. The van der Waals surface area contributed by atoms with E-state index in [1.54, 1.807) is 26.0 Å². The topological polar surface area (TPSA) is 113 Å². The molecule has 0 saturated carbocycles. The quantitative estimate of drug-likeness (QED) is 0.591. The third-order valence-corrected chi connectivity index (χ3v) is 7.81. The van der Waals surface area contributed by atoms with Crippen molar-refractivity contribution in [2.24, 2.45) is 5.92 Å². The molecule has 1 aliphatic rings. The number of nitrogens with one attached hydrogen (secondary N) is 2. The van der Waals surface area contributed by atoms with Crippen LogP contribution in [-0.4, -0.2) is 58.5 Å². The average Bonchev–Trinajstić information content (AvgIpc) is 2.59. The molecule has 1 unspecified atom stereocenters. The largest absolute Gasteiger partial charge is 0.351 e. The summed E-state index contributed by atoms with van der Waals surface area (Å²) in [7, 11) is -7.21. The van der Waals surface area contributed by atoms with Gasteiger partial charge in [-0.2, -0.15) is 4.72 Å². The van der Waals surface area contributed by atoms with Crippen LogP contribution in [-0.2, 0) is 24.8 Å². The number of amides is 1. The molecule has 1 aromatic carbocycles. The van der Waals surface area contributed by atoms with Crippen LogP contribution in [0.25, 0.3) is 0 Å². The van der Waals surface area contributed by atoms with Gasteiger partial charge in [0.15, 0.2) is 0 Å². The van der Waals surface area contributed by atoms with Gasteiger partial charge in [0.1, 0.15) is 6.04 Å². The van der Waals surface area contributed by atoms with E-state index >= 15 is 0 Å². The molecule has 1 saturated heterocycles. The number of carbonyl (C=O) groups excluding carboxylic acids is 1. The lowest BCUT2D eigenvalue weighted by atomic mass is 10.0. The van der Waals surface area contributed by atoms with Gasteiger partial charge in [-0.15, -0.1) is 0 Å². The molecule has 158 valence electrons. The highest BCUT2D eigenvalue weighted by molar-refractivity contribution is 9.10. The van der Waals surface area contributed by atoms with Gasteiger partial charge in [0.25, 0.3) is 0 Å². The van der Waals surface area contributed by atoms with E-state index in [1.165, 1.54) is 16.4 Å². The number of piperidine rings is 1. The molecule has 0 bridgehead atoms. The first-order valence-electron chi connectivity index (χ1n) is 8.93. The second kappa shape index (κ2) is 9.21. The van der Waals surface area contributed by atoms with Gasteiger partial charge in [-0.1, -0.05) is 29.8 Å². The Morgan fingerprint density at radius 2 is 1.79 bits per heavy atom. The summed E-state index contributed by atoms with van der Waals surface area (Å²) < 4.78 is 53.3. The van der Waals surface area contributed by atoms with Gasteiger partial charge >= 0.3 is 0 Å². The fraction of sp³-hybridized carbons (Fsp3) is 0.588. The van der Waals surface area contributed by atoms with Crippen molar-refractivity contribution in [2.75, 3.05) is 19.3 Å². The molecule has 0 aliphatic carbocycles. The standard InChI is InChI=1S/C17H26BrN3O5S2/c1-12(2)16(20-28(25,26)15-8-6-13(18)7-9-15)17(22)19-14-5-4-10-21(11-14)27(3,23)24/h6-9,12,14,16,20H,4-5,10-11H2,1-3H3,(H,19,22)/t14?,16-/m0/s1. The molecule has 2 atom stereocenters. The van der Waals surface area contributed by atoms with E-state index in [0.717, 1.165) is 10.7 Å². The molecule has 8 nitrogen and oxygen atoms in total. The molecule has 0 spiro atoms. The monoisotopic (exact) mass is 495 g/mol. The fourth-order valence-electron chi connectivity index (χ4n) is 2.99. The molecule has 0 radical (unpaired) electrons. The van der Waals surface area contributed by atoms with Gasteiger partial charge in [0, 0.05) is 23.6 Å². The minimum Gasteiger partial charge on any atom is -0.351 e.